The van der Waals surface area contributed by atoms with E-state index in [2.05, 4.69) is 0 Å². The van der Waals surface area contributed by atoms with Gasteiger partial charge in [0.25, 0.3) is 0 Å². The van der Waals surface area contributed by atoms with E-state index >= 15 is 0 Å². The topological polar surface area (TPSA) is 17.1 Å². The molecule has 1 atom stereocenters. The molecule has 0 N–H and O–H groups in total. The predicted molar refractivity (Wildman–Crippen MR) is 73.4 cm³/mol. The zero-order chi connectivity index (χ0) is 15.5. The molecule has 0 aromatic heterocycles. The lowest BCUT2D eigenvalue weighted by Crippen LogP contribution is -2.06. The van der Waals surface area contributed by atoms with Crippen LogP contribution in [0.2, 0.25) is 0 Å². The summed E-state index contributed by atoms with van der Waals surface area (Å²) in [7, 11) is -1.47. The van der Waals surface area contributed by atoms with Crippen LogP contribution in [0.4, 0.5) is 17.6 Å². The van der Waals surface area contributed by atoms with Crippen LogP contribution in [0.1, 0.15) is 16.7 Å². The van der Waals surface area contributed by atoms with Gasteiger partial charge in [-0.2, -0.15) is 13.2 Å². The van der Waals surface area contributed by atoms with Gasteiger partial charge in [-0.1, -0.05) is 36.4 Å². The van der Waals surface area contributed by atoms with E-state index < -0.39 is 28.4 Å². The Morgan fingerprint density at radius 1 is 0.952 bits per heavy atom. The number of hydrogen-bond acceptors (Lipinski definition) is 1. The van der Waals surface area contributed by atoms with Gasteiger partial charge in [-0.15, -0.1) is 0 Å². The van der Waals surface area contributed by atoms with Crippen LogP contribution in [0.3, 0.4) is 0 Å². The first kappa shape index (κ1) is 15.7. The number of alkyl halides is 3. The van der Waals surface area contributed by atoms with Gasteiger partial charge in [-0.3, -0.25) is 4.21 Å². The Morgan fingerprint density at radius 3 is 2.33 bits per heavy atom. The fourth-order valence-electron chi connectivity index (χ4n) is 1.86. The highest BCUT2D eigenvalue weighted by Crippen LogP contribution is 2.29. The first-order valence-corrected chi connectivity index (χ1v) is 7.59. The van der Waals surface area contributed by atoms with Crippen molar-refractivity contribution in [2.75, 3.05) is 0 Å². The van der Waals surface area contributed by atoms with E-state index in [9.17, 15) is 21.8 Å². The number of rotatable bonds is 4. The van der Waals surface area contributed by atoms with Crippen molar-refractivity contribution in [3.8, 4) is 0 Å². The monoisotopic (exact) mass is 316 g/mol. The quantitative estimate of drug-likeness (QED) is 0.769. The molecular formula is C15H12F4OS. The summed E-state index contributed by atoms with van der Waals surface area (Å²) in [6.07, 6.45) is -4.43. The lowest BCUT2D eigenvalue weighted by Gasteiger charge is -2.09. The summed E-state index contributed by atoms with van der Waals surface area (Å²) in [5.74, 6) is -0.531. The molecule has 0 unspecified atom stereocenters. The molecule has 0 bridgehead atoms. The molecule has 1 nitrogen and oxygen atoms in total. The Kier molecular flexibility index (Phi) is 4.77. The minimum absolute atomic E-state index is 0.0249. The van der Waals surface area contributed by atoms with E-state index in [0.29, 0.717) is 11.1 Å². The molecule has 0 fully saturated rings. The SMILES string of the molecule is O=[S@](Cc1cccc(C(F)(F)F)c1)Cc1ccccc1F. The summed E-state index contributed by atoms with van der Waals surface area (Å²) in [4.78, 5) is 0. The molecule has 0 aliphatic carbocycles. The Hall–Kier alpha value is -1.69. The van der Waals surface area contributed by atoms with Crippen molar-refractivity contribution in [1.29, 1.82) is 0 Å². The van der Waals surface area contributed by atoms with Crippen molar-refractivity contribution in [1.82, 2.24) is 0 Å². The molecule has 0 aliphatic heterocycles. The van der Waals surface area contributed by atoms with Crippen LogP contribution in [0.15, 0.2) is 48.5 Å². The zero-order valence-electron chi connectivity index (χ0n) is 10.9. The zero-order valence-corrected chi connectivity index (χ0v) is 11.7. The molecule has 0 amide bonds. The van der Waals surface area contributed by atoms with Gasteiger partial charge in [0, 0.05) is 22.1 Å². The molecule has 2 rings (SSSR count). The maximum Gasteiger partial charge on any atom is 0.416 e. The highest BCUT2D eigenvalue weighted by Gasteiger charge is 2.30. The lowest BCUT2D eigenvalue weighted by molar-refractivity contribution is -0.137. The molecule has 0 heterocycles. The van der Waals surface area contributed by atoms with Crippen molar-refractivity contribution < 1.29 is 21.8 Å². The number of benzene rings is 2. The molecule has 0 spiro atoms. The Labute approximate surface area is 122 Å². The molecule has 21 heavy (non-hydrogen) atoms. The van der Waals surface area contributed by atoms with Gasteiger partial charge in [-0.05, 0) is 17.7 Å². The van der Waals surface area contributed by atoms with Crippen molar-refractivity contribution in [3.63, 3.8) is 0 Å². The molecule has 0 radical (unpaired) electrons. The minimum atomic E-state index is -4.43. The highest BCUT2D eigenvalue weighted by molar-refractivity contribution is 7.83. The summed E-state index contributed by atoms with van der Waals surface area (Å²) in [5, 5.41) is 0. The van der Waals surface area contributed by atoms with E-state index in [-0.39, 0.29) is 11.5 Å². The second-order valence-corrected chi connectivity index (χ2v) is 5.98. The van der Waals surface area contributed by atoms with Gasteiger partial charge in [0.2, 0.25) is 0 Å². The second kappa shape index (κ2) is 6.39. The molecule has 112 valence electrons. The van der Waals surface area contributed by atoms with Crippen molar-refractivity contribution in [2.45, 2.75) is 17.7 Å². The average molecular weight is 316 g/mol. The van der Waals surface area contributed by atoms with E-state index in [1.54, 1.807) is 6.07 Å². The summed E-state index contributed by atoms with van der Waals surface area (Å²) >= 11 is 0. The maximum absolute atomic E-state index is 13.4. The number of halogens is 4. The summed E-state index contributed by atoms with van der Waals surface area (Å²) in [6.45, 7) is 0. The fraction of sp³-hybridized carbons (Fsp3) is 0.200. The van der Waals surface area contributed by atoms with E-state index in [1.165, 1.54) is 30.3 Å². The van der Waals surface area contributed by atoms with Gasteiger partial charge >= 0.3 is 6.18 Å². The van der Waals surface area contributed by atoms with E-state index in [0.717, 1.165) is 12.1 Å². The minimum Gasteiger partial charge on any atom is -0.259 e. The fourth-order valence-corrected chi connectivity index (χ4v) is 3.10. The molecule has 2 aromatic carbocycles. The third-order valence-electron chi connectivity index (χ3n) is 2.86. The Balaban J connectivity index is 2.08. The van der Waals surface area contributed by atoms with Crippen molar-refractivity contribution in [2.24, 2.45) is 0 Å². The van der Waals surface area contributed by atoms with Crippen LogP contribution in [0.5, 0.6) is 0 Å². The first-order chi connectivity index (χ1) is 9.86. The van der Waals surface area contributed by atoms with Crippen LogP contribution in [0, 0.1) is 5.82 Å². The third kappa shape index (κ3) is 4.39. The normalized spacial score (nSPS) is 13.1. The standard InChI is InChI=1S/C15H12F4OS/c16-14-7-2-1-5-12(14)10-21(20)9-11-4-3-6-13(8-11)15(17,18)19/h1-8H,9-10H2/t21-/m1/s1. The van der Waals surface area contributed by atoms with Gasteiger partial charge in [0.15, 0.2) is 0 Å². The number of hydrogen-bond donors (Lipinski definition) is 0. The van der Waals surface area contributed by atoms with Crippen LogP contribution in [-0.4, -0.2) is 4.21 Å². The lowest BCUT2D eigenvalue weighted by atomic mass is 10.1. The van der Waals surface area contributed by atoms with Crippen LogP contribution < -0.4 is 0 Å². The summed E-state index contributed by atoms with van der Waals surface area (Å²) in [6, 6.07) is 10.6. The maximum atomic E-state index is 13.4. The summed E-state index contributed by atoms with van der Waals surface area (Å²) in [5.41, 5.74) is -0.162. The van der Waals surface area contributed by atoms with E-state index in [4.69, 9.17) is 0 Å². The predicted octanol–water partition coefficient (Wildman–Crippen LogP) is 4.29. The van der Waals surface area contributed by atoms with Crippen LogP contribution in [-0.2, 0) is 28.5 Å². The summed E-state index contributed by atoms with van der Waals surface area (Å²) < 4.78 is 63.1. The van der Waals surface area contributed by atoms with Crippen LogP contribution >= 0.6 is 0 Å². The van der Waals surface area contributed by atoms with Gasteiger partial charge in [-0.25, -0.2) is 4.39 Å². The largest absolute Gasteiger partial charge is 0.416 e. The Morgan fingerprint density at radius 2 is 1.67 bits per heavy atom. The molecule has 0 saturated heterocycles. The smallest absolute Gasteiger partial charge is 0.259 e. The van der Waals surface area contributed by atoms with Gasteiger partial charge in [0.05, 0.1) is 11.3 Å². The molecule has 2 aromatic rings. The molecule has 0 saturated carbocycles. The highest BCUT2D eigenvalue weighted by atomic mass is 32.2. The molecular weight excluding hydrogens is 304 g/mol. The first-order valence-electron chi connectivity index (χ1n) is 6.11. The second-order valence-electron chi connectivity index (χ2n) is 4.52. The van der Waals surface area contributed by atoms with Gasteiger partial charge in [0.1, 0.15) is 5.82 Å². The van der Waals surface area contributed by atoms with Crippen molar-refractivity contribution >= 4 is 10.8 Å². The van der Waals surface area contributed by atoms with Gasteiger partial charge < -0.3 is 0 Å². The third-order valence-corrected chi connectivity index (χ3v) is 4.14. The van der Waals surface area contributed by atoms with E-state index in [1.807, 2.05) is 0 Å². The molecule has 6 heteroatoms. The molecule has 0 aliphatic rings. The van der Waals surface area contributed by atoms with Crippen molar-refractivity contribution in [3.05, 3.63) is 71.0 Å². The average Bonchev–Trinajstić information content (AvgIpc) is 2.41. The Bertz CT molecular complexity index is 652. The van der Waals surface area contributed by atoms with Crippen LogP contribution in [0.25, 0.3) is 0 Å².